The van der Waals surface area contributed by atoms with Gasteiger partial charge in [0.05, 0.1) is 23.3 Å². The lowest BCUT2D eigenvalue weighted by Crippen LogP contribution is -2.27. The molecule has 0 aliphatic rings. The Kier molecular flexibility index (Phi) is 8.53. The van der Waals surface area contributed by atoms with E-state index in [-0.39, 0.29) is 23.9 Å². The van der Waals surface area contributed by atoms with Crippen molar-refractivity contribution in [1.82, 2.24) is 5.32 Å². The van der Waals surface area contributed by atoms with Crippen molar-refractivity contribution in [2.45, 2.75) is 13.8 Å². The van der Waals surface area contributed by atoms with Gasteiger partial charge in [0.1, 0.15) is 0 Å². The number of hydrogen-bond donors (Lipinski definition) is 2. The van der Waals surface area contributed by atoms with E-state index in [0.717, 1.165) is 6.20 Å². The fraction of sp³-hybridized carbons (Fsp3) is 0.267. The molecule has 0 amide bonds. The van der Waals surface area contributed by atoms with Gasteiger partial charge < -0.3 is 20.1 Å². The van der Waals surface area contributed by atoms with Gasteiger partial charge in [-0.15, -0.1) is 0 Å². The molecular formula is C15H16Cl2N2O4S. The molecule has 0 atom stereocenters. The molecule has 1 aromatic carbocycles. The Labute approximate surface area is 155 Å². The second kappa shape index (κ2) is 10.1. The van der Waals surface area contributed by atoms with Gasteiger partial charge in [-0.1, -0.05) is 23.2 Å². The minimum atomic E-state index is -0.805. The summed E-state index contributed by atoms with van der Waals surface area (Å²) in [5.41, 5.74) is 0.293. The van der Waals surface area contributed by atoms with Gasteiger partial charge in [0.2, 0.25) is 0 Å². The first-order valence-electron chi connectivity index (χ1n) is 6.96. The highest BCUT2D eigenvalue weighted by Crippen LogP contribution is 2.24. The van der Waals surface area contributed by atoms with Crippen LogP contribution in [0.4, 0.5) is 5.69 Å². The van der Waals surface area contributed by atoms with Gasteiger partial charge in [-0.3, -0.25) is 0 Å². The summed E-state index contributed by atoms with van der Waals surface area (Å²) in [6, 6.07) is 4.86. The van der Waals surface area contributed by atoms with E-state index in [1.165, 1.54) is 0 Å². The quantitative estimate of drug-likeness (QED) is 0.253. The molecule has 0 aliphatic carbocycles. The number of thiocarbonyl (C=S) groups is 1. The van der Waals surface area contributed by atoms with Crippen molar-refractivity contribution >= 4 is 58.2 Å². The van der Waals surface area contributed by atoms with Gasteiger partial charge in [-0.2, -0.15) is 0 Å². The van der Waals surface area contributed by atoms with Gasteiger partial charge in [0.15, 0.2) is 10.7 Å². The zero-order valence-corrected chi connectivity index (χ0v) is 15.3. The monoisotopic (exact) mass is 390 g/mol. The van der Waals surface area contributed by atoms with Gasteiger partial charge in [0.25, 0.3) is 0 Å². The molecule has 0 fully saturated rings. The van der Waals surface area contributed by atoms with E-state index in [1.54, 1.807) is 32.0 Å². The minimum Gasteiger partial charge on any atom is -0.462 e. The Morgan fingerprint density at radius 1 is 1.12 bits per heavy atom. The van der Waals surface area contributed by atoms with Crippen molar-refractivity contribution in [1.29, 1.82) is 0 Å². The first-order chi connectivity index (χ1) is 11.4. The molecule has 9 heteroatoms. The van der Waals surface area contributed by atoms with Crippen LogP contribution in [0.15, 0.2) is 30.0 Å². The van der Waals surface area contributed by atoms with E-state index < -0.39 is 11.9 Å². The van der Waals surface area contributed by atoms with Crippen LogP contribution in [0.1, 0.15) is 13.8 Å². The van der Waals surface area contributed by atoms with Crippen LogP contribution in [0.3, 0.4) is 0 Å². The zero-order valence-electron chi connectivity index (χ0n) is 13.0. The van der Waals surface area contributed by atoms with Crippen LogP contribution in [0.5, 0.6) is 0 Å². The Bertz CT molecular complexity index is 645. The van der Waals surface area contributed by atoms with Gasteiger partial charge >= 0.3 is 11.9 Å². The van der Waals surface area contributed by atoms with Crippen molar-refractivity contribution < 1.29 is 19.1 Å². The SMILES string of the molecule is CCOC(=O)C(=CNC(=S)Nc1ccc(Cl)c(Cl)c1)C(=O)OCC. The fourth-order valence-electron chi connectivity index (χ4n) is 1.50. The van der Waals surface area contributed by atoms with Gasteiger partial charge in [-0.05, 0) is 44.3 Å². The molecule has 0 heterocycles. The lowest BCUT2D eigenvalue weighted by atomic mass is 10.3. The number of benzene rings is 1. The average Bonchev–Trinajstić information content (AvgIpc) is 2.51. The predicted molar refractivity (Wildman–Crippen MR) is 97.2 cm³/mol. The van der Waals surface area contributed by atoms with Crippen molar-refractivity contribution in [3.8, 4) is 0 Å². The number of hydrogen-bond acceptors (Lipinski definition) is 5. The average molecular weight is 391 g/mol. The van der Waals surface area contributed by atoms with Crippen LogP contribution in [-0.4, -0.2) is 30.3 Å². The third kappa shape index (κ3) is 6.35. The van der Waals surface area contributed by atoms with Gasteiger partial charge in [0, 0.05) is 11.9 Å². The van der Waals surface area contributed by atoms with Crippen molar-refractivity contribution in [3.05, 3.63) is 40.0 Å². The molecule has 1 rings (SSSR count). The highest BCUT2D eigenvalue weighted by atomic mass is 35.5. The summed E-state index contributed by atoms with van der Waals surface area (Å²) >= 11 is 16.8. The number of esters is 2. The largest absolute Gasteiger partial charge is 0.462 e. The number of nitrogens with one attached hydrogen (secondary N) is 2. The number of ether oxygens (including phenoxy) is 2. The molecule has 0 unspecified atom stereocenters. The summed E-state index contributed by atoms with van der Waals surface area (Å²) in [5, 5.41) is 6.37. The second-order valence-corrected chi connectivity index (χ2v) is 5.45. The molecule has 1 aromatic rings. The second-order valence-electron chi connectivity index (χ2n) is 4.23. The van der Waals surface area contributed by atoms with Gasteiger partial charge in [-0.25, -0.2) is 9.59 Å². The van der Waals surface area contributed by atoms with Crippen molar-refractivity contribution in [3.63, 3.8) is 0 Å². The van der Waals surface area contributed by atoms with E-state index in [2.05, 4.69) is 10.6 Å². The molecule has 0 bridgehead atoms. The number of carbonyl (C=O) groups is 2. The third-order valence-corrected chi connectivity index (χ3v) is 3.47. The number of rotatable bonds is 6. The smallest absolute Gasteiger partial charge is 0.347 e. The molecule has 0 aromatic heterocycles. The Morgan fingerprint density at radius 3 is 2.21 bits per heavy atom. The molecule has 24 heavy (non-hydrogen) atoms. The summed E-state index contributed by atoms with van der Waals surface area (Å²) in [4.78, 5) is 23.6. The molecular weight excluding hydrogens is 375 g/mol. The highest BCUT2D eigenvalue weighted by molar-refractivity contribution is 7.80. The molecule has 2 N–H and O–H groups in total. The summed E-state index contributed by atoms with van der Waals surface area (Å²) in [5.74, 6) is -1.61. The van der Waals surface area contributed by atoms with E-state index in [0.29, 0.717) is 15.7 Å². The Hall–Kier alpha value is -1.83. The van der Waals surface area contributed by atoms with E-state index in [4.69, 9.17) is 44.9 Å². The lowest BCUT2D eigenvalue weighted by molar-refractivity contribution is -0.146. The molecule has 130 valence electrons. The van der Waals surface area contributed by atoms with E-state index in [1.807, 2.05) is 0 Å². The maximum Gasteiger partial charge on any atom is 0.347 e. The minimum absolute atomic E-state index is 0.127. The van der Waals surface area contributed by atoms with Crippen molar-refractivity contribution in [2.75, 3.05) is 18.5 Å². The summed E-state index contributed by atoms with van der Waals surface area (Å²) in [6.07, 6.45) is 1.13. The fourth-order valence-corrected chi connectivity index (χ4v) is 1.97. The normalized spacial score (nSPS) is 9.67. The molecule has 0 radical (unpaired) electrons. The first-order valence-corrected chi connectivity index (χ1v) is 8.12. The number of carbonyl (C=O) groups excluding carboxylic acids is 2. The molecule has 6 nitrogen and oxygen atoms in total. The van der Waals surface area contributed by atoms with Crippen LogP contribution in [0, 0.1) is 0 Å². The topological polar surface area (TPSA) is 76.7 Å². The molecule has 0 aliphatic heterocycles. The zero-order chi connectivity index (χ0) is 18.1. The predicted octanol–water partition coefficient (Wildman–Crippen LogP) is 3.29. The molecule has 0 saturated heterocycles. The Balaban J connectivity index is 2.79. The standard InChI is InChI=1S/C15H16Cl2N2O4S/c1-3-22-13(20)10(14(21)23-4-2)8-18-15(24)19-9-5-6-11(16)12(17)7-9/h5-8H,3-4H2,1-2H3,(H2,18,19,24). The summed E-state index contributed by atoms with van der Waals surface area (Å²) in [6.45, 7) is 3.51. The maximum atomic E-state index is 11.8. The lowest BCUT2D eigenvalue weighted by Gasteiger charge is -2.10. The summed E-state index contributed by atoms with van der Waals surface area (Å²) in [7, 11) is 0. The van der Waals surface area contributed by atoms with Crippen molar-refractivity contribution in [2.24, 2.45) is 0 Å². The highest BCUT2D eigenvalue weighted by Gasteiger charge is 2.21. The van der Waals surface area contributed by atoms with Crippen LogP contribution in [0.2, 0.25) is 10.0 Å². The first kappa shape index (κ1) is 20.2. The number of halogens is 2. The number of anilines is 1. The van der Waals surface area contributed by atoms with Crippen LogP contribution in [-0.2, 0) is 19.1 Å². The Morgan fingerprint density at radius 2 is 1.71 bits per heavy atom. The van der Waals surface area contributed by atoms with E-state index >= 15 is 0 Å². The molecule has 0 saturated carbocycles. The van der Waals surface area contributed by atoms with Crippen LogP contribution < -0.4 is 10.6 Å². The van der Waals surface area contributed by atoms with Crippen LogP contribution in [0.25, 0.3) is 0 Å². The maximum absolute atomic E-state index is 11.8. The van der Waals surface area contributed by atoms with E-state index in [9.17, 15) is 9.59 Å². The third-order valence-electron chi connectivity index (χ3n) is 2.52. The van der Waals surface area contributed by atoms with Crippen LogP contribution >= 0.6 is 35.4 Å². The molecule has 0 spiro atoms. The summed E-state index contributed by atoms with van der Waals surface area (Å²) < 4.78 is 9.61.